The summed E-state index contributed by atoms with van der Waals surface area (Å²) in [6, 6.07) is 15.5. The van der Waals surface area contributed by atoms with Crippen molar-refractivity contribution in [2.24, 2.45) is 14.1 Å². The Labute approximate surface area is 156 Å². The zero-order chi connectivity index (χ0) is 19.0. The van der Waals surface area contributed by atoms with Crippen LogP contribution in [0.1, 0.15) is 15.9 Å². The average molecular weight is 359 g/mol. The fourth-order valence-electron chi connectivity index (χ4n) is 3.63. The third kappa shape index (κ3) is 3.01. The number of nitrogens with zero attached hydrogens (tertiary/aromatic N) is 2. The number of aromatic nitrogens is 2. The summed E-state index contributed by atoms with van der Waals surface area (Å²) in [7, 11) is 3.70. The number of carbonyl (C=O) groups is 1. The maximum atomic E-state index is 12.7. The summed E-state index contributed by atoms with van der Waals surface area (Å²) in [6.45, 7) is 0.532. The molecule has 0 saturated carbocycles. The predicted octanol–water partition coefficient (Wildman–Crippen LogP) is 3.00. The van der Waals surface area contributed by atoms with E-state index >= 15 is 0 Å². The summed E-state index contributed by atoms with van der Waals surface area (Å²) in [4.78, 5) is 25.0. The van der Waals surface area contributed by atoms with Gasteiger partial charge in [-0.05, 0) is 24.1 Å². The third-order valence-electron chi connectivity index (χ3n) is 4.99. The largest absolute Gasteiger partial charge is 0.352 e. The second-order valence-electron chi connectivity index (χ2n) is 6.79. The van der Waals surface area contributed by atoms with Crippen molar-refractivity contribution in [2.45, 2.75) is 6.42 Å². The van der Waals surface area contributed by atoms with Crippen LogP contribution in [0.5, 0.6) is 0 Å². The van der Waals surface area contributed by atoms with E-state index < -0.39 is 0 Å². The molecule has 4 aromatic rings. The minimum atomic E-state index is -0.165. The summed E-state index contributed by atoms with van der Waals surface area (Å²) in [5.74, 6) is -0.165. The van der Waals surface area contributed by atoms with E-state index in [1.54, 1.807) is 19.3 Å². The van der Waals surface area contributed by atoms with Crippen molar-refractivity contribution < 1.29 is 4.79 Å². The molecule has 0 aliphatic carbocycles. The topological polar surface area (TPSA) is 56.0 Å². The van der Waals surface area contributed by atoms with Gasteiger partial charge in [-0.2, -0.15) is 0 Å². The van der Waals surface area contributed by atoms with E-state index in [2.05, 4.69) is 28.2 Å². The lowest BCUT2D eigenvalue weighted by Crippen LogP contribution is -2.28. The maximum absolute atomic E-state index is 12.7. The normalized spacial score (nSPS) is 11.2. The molecule has 1 amide bonds. The standard InChI is InChI=1S/C22H21N3O2/c1-24-13-15(16-7-5-6-10-20(16)24)11-12-23-21(26)19-14-25(2)22(27)18-9-4-3-8-17(18)19/h3-10,13-14H,11-12H2,1-2H3,(H,23,26). The monoisotopic (exact) mass is 359 g/mol. The Bertz CT molecular complexity index is 1220. The van der Waals surface area contributed by atoms with Crippen molar-refractivity contribution in [1.29, 1.82) is 0 Å². The molecule has 2 aromatic carbocycles. The summed E-state index contributed by atoms with van der Waals surface area (Å²) < 4.78 is 3.56. The van der Waals surface area contributed by atoms with Gasteiger partial charge in [0.2, 0.25) is 0 Å². The van der Waals surface area contributed by atoms with Gasteiger partial charge in [-0.3, -0.25) is 9.59 Å². The van der Waals surface area contributed by atoms with Gasteiger partial charge in [-0.15, -0.1) is 0 Å². The van der Waals surface area contributed by atoms with Gasteiger partial charge >= 0.3 is 0 Å². The van der Waals surface area contributed by atoms with E-state index in [0.717, 1.165) is 6.42 Å². The van der Waals surface area contributed by atoms with Crippen LogP contribution in [0.3, 0.4) is 0 Å². The van der Waals surface area contributed by atoms with E-state index in [9.17, 15) is 9.59 Å². The Hall–Kier alpha value is -3.34. The molecule has 0 fully saturated rings. The van der Waals surface area contributed by atoms with Gasteiger partial charge in [0, 0.05) is 54.7 Å². The first kappa shape index (κ1) is 17.1. The molecule has 0 aliphatic rings. The van der Waals surface area contributed by atoms with Crippen LogP contribution in [-0.2, 0) is 20.5 Å². The van der Waals surface area contributed by atoms with E-state index in [-0.39, 0.29) is 11.5 Å². The highest BCUT2D eigenvalue weighted by atomic mass is 16.2. The van der Waals surface area contributed by atoms with Gasteiger partial charge in [-0.1, -0.05) is 36.4 Å². The van der Waals surface area contributed by atoms with Crippen LogP contribution >= 0.6 is 0 Å². The molecule has 0 saturated heterocycles. The smallest absolute Gasteiger partial charge is 0.258 e. The number of rotatable bonds is 4. The molecule has 0 aliphatic heterocycles. The summed E-state index contributed by atoms with van der Waals surface area (Å²) >= 11 is 0. The van der Waals surface area contributed by atoms with Crippen molar-refractivity contribution >= 4 is 27.6 Å². The maximum Gasteiger partial charge on any atom is 0.258 e. The van der Waals surface area contributed by atoms with Crippen LogP contribution in [0.15, 0.2) is 65.7 Å². The molecule has 1 N–H and O–H groups in total. The number of aryl methyl sites for hydroxylation is 2. The highest BCUT2D eigenvalue weighted by molar-refractivity contribution is 6.06. The Morgan fingerprint density at radius 1 is 0.889 bits per heavy atom. The molecule has 5 nitrogen and oxygen atoms in total. The van der Waals surface area contributed by atoms with E-state index in [4.69, 9.17) is 0 Å². The van der Waals surface area contributed by atoms with Crippen LogP contribution in [-0.4, -0.2) is 21.6 Å². The predicted molar refractivity (Wildman–Crippen MR) is 108 cm³/mol. The van der Waals surface area contributed by atoms with Crippen molar-refractivity contribution in [3.8, 4) is 0 Å². The Morgan fingerprint density at radius 2 is 1.56 bits per heavy atom. The quantitative estimate of drug-likeness (QED) is 0.609. The minimum Gasteiger partial charge on any atom is -0.352 e. The van der Waals surface area contributed by atoms with Crippen LogP contribution < -0.4 is 10.9 Å². The molecule has 0 radical (unpaired) electrons. The molecular weight excluding hydrogens is 338 g/mol. The molecule has 2 heterocycles. The third-order valence-corrected chi connectivity index (χ3v) is 4.99. The zero-order valence-electron chi connectivity index (χ0n) is 15.4. The van der Waals surface area contributed by atoms with Crippen molar-refractivity contribution in [3.63, 3.8) is 0 Å². The lowest BCUT2D eigenvalue weighted by Gasteiger charge is -2.10. The van der Waals surface area contributed by atoms with Gasteiger partial charge in [0.25, 0.3) is 11.5 Å². The molecule has 27 heavy (non-hydrogen) atoms. The molecule has 0 bridgehead atoms. The van der Waals surface area contributed by atoms with Crippen LogP contribution in [0.4, 0.5) is 0 Å². The van der Waals surface area contributed by atoms with E-state index in [0.29, 0.717) is 22.9 Å². The lowest BCUT2D eigenvalue weighted by molar-refractivity contribution is 0.0955. The first-order valence-corrected chi connectivity index (χ1v) is 8.96. The number of nitrogens with one attached hydrogen (secondary N) is 1. The fourth-order valence-corrected chi connectivity index (χ4v) is 3.63. The second-order valence-corrected chi connectivity index (χ2v) is 6.79. The summed E-state index contributed by atoms with van der Waals surface area (Å²) in [5, 5.41) is 5.45. The number of benzene rings is 2. The summed E-state index contributed by atoms with van der Waals surface area (Å²) in [6.07, 6.45) is 4.47. The first-order valence-electron chi connectivity index (χ1n) is 8.96. The van der Waals surface area contributed by atoms with E-state index in [1.165, 1.54) is 21.0 Å². The zero-order valence-corrected chi connectivity index (χ0v) is 15.4. The Kier molecular flexibility index (Phi) is 4.28. The molecule has 0 atom stereocenters. The number of amides is 1. The minimum absolute atomic E-state index is 0.0992. The van der Waals surface area contributed by atoms with Gasteiger partial charge in [0.15, 0.2) is 0 Å². The van der Waals surface area contributed by atoms with Gasteiger partial charge in [0.1, 0.15) is 0 Å². The van der Waals surface area contributed by atoms with E-state index in [1.807, 2.05) is 37.4 Å². The second kappa shape index (κ2) is 6.76. The molecular formula is C22H21N3O2. The number of hydrogen-bond acceptors (Lipinski definition) is 2. The van der Waals surface area contributed by atoms with Crippen molar-refractivity contribution in [2.75, 3.05) is 6.54 Å². The SMILES string of the molecule is Cn1cc(C(=O)NCCc2cn(C)c3ccccc23)c2ccccc2c1=O. The fraction of sp³-hybridized carbons (Fsp3) is 0.182. The Morgan fingerprint density at radius 3 is 2.33 bits per heavy atom. The highest BCUT2D eigenvalue weighted by Gasteiger charge is 2.13. The number of fused-ring (bicyclic) bond motifs is 2. The van der Waals surface area contributed by atoms with Crippen LogP contribution in [0, 0.1) is 0 Å². The highest BCUT2D eigenvalue weighted by Crippen LogP contribution is 2.20. The average Bonchev–Trinajstić information content (AvgIpc) is 3.01. The number of hydrogen-bond donors (Lipinski definition) is 1. The van der Waals surface area contributed by atoms with Crippen LogP contribution in [0.2, 0.25) is 0 Å². The van der Waals surface area contributed by atoms with Gasteiger partial charge in [-0.25, -0.2) is 0 Å². The Balaban J connectivity index is 1.56. The van der Waals surface area contributed by atoms with Gasteiger partial charge < -0.3 is 14.5 Å². The van der Waals surface area contributed by atoms with Crippen LogP contribution in [0.25, 0.3) is 21.7 Å². The van der Waals surface area contributed by atoms with Gasteiger partial charge in [0.05, 0.1) is 5.56 Å². The molecule has 2 aromatic heterocycles. The molecule has 0 spiro atoms. The summed E-state index contributed by atoms with van der Waals surface area (Å²) in [5.41, 5.74) is 2.81. The lowest BCUT2D eigenvalue weighted by atomic mass is 10.1. The van der Waals surface area contributed by atoms with Crippen molar-refractivity contribution in [1.82, 2.24) is 14.5 Å². The molecule has 4 rings (SSSR count). The molecule has 136 valence electrons. The number of para-hydroxylation sites is 1. The first-order chi connectivity index (χ1) is 13.1. The molecule has 5 heteroatoms. The molecule has 0 unspecified atom stereocenters. The number of carbonyl (C=O) groups excluding carboxylic acids is 1. The number of pyridine rings is 1. The van der Waals surface area contributed by atoms with Crippen molar-refractivity contribution in [3.05, 3.63) is 82.4 Å².